The van der Waals surface area contributed by atoms with E-state index < -0.39 is 10.7 Å². The second-order valence-electron chi connectivity index (χ2n) is 6.01. The van der Waals surface area contributed by atoms with Crippen LogP contribution in [-0.2, 0) is 4.74 Å². The number of nitrogen functional groups attached to an aromatic ring is 1. The number of benzene rings is 2. The van der Waals surface area contributed by atoms with Gasteiger partial charge in [0.15, 0.2) is 0 Å². The predicted octanol–water partition coefficient (Wildman–Crippen LogP) is 5.32. The van der Waals surface area contributed by atoms with Gasteiger partial charge in [-0.1, -0.05) is 22.0 Å². The van der Waals surface area contributed by atoms with Gasteiger partial charge in [-0.05, 0) is 55.2 Å². The molecule has 2 aromatic rings. The third-order valence-electron chi connectivity index (χ3n) is 4.20. The van der Waals surface area contributed by atoms with E-state index in [2.05, 4.69) is 15.9 Å². The summed E-state index contributed by atoms with van der Waals surface area (Å²) < 4.78 is 31.5. The van der Waals surface area contributed by atoms with Crippen LogP contribution in [0.3, 0.4) is 0 Å². The first-order valence-corrected chi connectivity index (χ1v) is 8.92. The Morgan fingerprint density at radius 1 is 1.15 bits per heavy atom. The van der Waals surface area contributed by atoms with Gasteiger partial charge in [0.25, 0.3) is 5.69 Å². The van der Waals surface area contributed by atoms with Crippen LogP contribution in [0.5, 0.6) is 0 Å². The van der Waals surface area contributed by atoms with Crippen LogP contribution in [0.4, 0.5) is 20.2 Å². The zero-order chi connectivity index (χ0) is 20.1. The number of ether oxygens (including phenoxy) is 1. The molecule has 0 fully saturated rings. The minimum atomic E-state index is -0.612. The van der Waals surface area contributed by atoms with Crippen molar-refractivity contribution in [2.45, 2.75) is 20.3 Å². The van der Waals surface area contributed by atoms with E-state index in [1.54, 1.807) is 13.0 Å². The number of nitrogens with two attached hydrogens (primary N) is 1. The Morgan fingerprint density at radius 2 is 1.81 bits per heavy atom. The molecule has 0 unspecified atom stereocenters. The Kier molecular flexibility index (Phi) is 7.04. The van der Waals surface area contributed by atoms with Crippen LogP contribution in [0, 0.1) is 35.6 Å². The number of anilines is 1. The highest BCUT2D eigenvalue weighted by molar-refractivity contribution is 9.10. The van der Waals surface area contributed by atoms with Gasteiger partial charge in [-0.25, -0.2) is 8.78 Å². The van der Waals surface area contributed by atoms with E-state index in [4.69, 9.17) is 10.5 Å². The summed E-state index contributed by atoms with van der Waals surface area (Å²) in [6.07, 6.45) is 2.81. The number of hydrogen-bond acceptors (Lipinski definition) is 4. The third-order valence-corrected chi connectivity index (χ3v) is 5.02. The molecule has 144 valence electrons. The number of nitrogens with zero attached hydrogens (tertiary/aromatic N) is 1. The van der Waals surface area contributed by atoms with Crippen LogP contribution >= 0.6 is 15.9 Å². The maximum absolute atomic E-state index is 13.2. The van der Waals surface area contributed by atoms with Crippen molar-refractivity contribution in [2.75, 3.05) is 18.9 Å². The highest BCUT2D eigenvalue weighted by atomic mass is 79.9. The van der Waals surface area contributed by atoms with Gasteiger partial charge in [0.05, 0.1) is 24.2 Å². The fourth-order valence-electron chi connectivity index (χ4n) is 2.63. The molecule has 0 saturated heterocycles. The fourth-order valence-corrected chi connectivity index (χ4v) is 3.05. The predicted molar refractivity (Wildman–Crippen MR) is 104 cm³/mol. The van der Waals surface area contributed by atoms with Crippen LogP contribution in [0.25, 0.3) is 5.57 Å². The molecule has 0 aliphatic carbocycles. The molecule has 0 bridgehead atoms. The SMILES string of the molecule is Cc1c(Br)cc(F)cc1[N+](=O)[O-].Cc1c(N)cc(F)cc1C1=CCOCC1. The molecule has 0 saturated carbocycles. The van der Waals surface area contributed by atoms with Gasteiger partial charge < -0.3 is 10.5 Å². The quantitative estimate of drug-likeness (QED) is 0.389. The van der Waals surface area contributed by atoms with E-state index in [0.29, 0.717) is 28.9 Å². The maximum atomic E-state index is 13.2. The lowest BCUT2D eigenvalue weighted by Crippen LogP contribution is -2.06. The van der Waals surface area contributed by atoms with Gasteiger partial charge in [-0.2, -0.15) is 0 Å². The van der Waals surface area contributed by atoms with Crippen LogP contribution in [0.15, 0.2) is 34.8 Å². The minimum Gasteiger partial charge on any atom is -0.398 e. The van der Waals surface area contributed by atoms with E-state index in [1.807, 2.05) is 13.0 Å². The summed E-state index contributed by atoms with van der Waals surface area (Å²) in [6.45, 7) is 4.77. The van der Waals surface area contributed by atoms with Gasteiger partial charge >= 0.3 is 0 Å². The summed E-state index contributed by atoms with van der Waals surface area (Å²) in [5, 5.41) is 10.3. The number of rotatable bonds is 2. The molecular formula is C19H19BrF2N2O3. The number of nitro groups is 1. The van der Waals surface area contributed by atoms with Gasteiger partial charge in [-0.3, -0.25) is 10.1 Å². The van der Waals surface area contributed by atoms with Gasteiger partial charge in [0.1, 0.15) is 11.6 Å². The lowest BCUT2D eigenvalue weighted by atomic mass is 9.96. The number of halogens is 3. The van der Waals surface area contributed by atoms with Crippen molar-refractivity contribution in [3.8, 4) is 0 Å². The van der Waals surface area contributed by atoms with E-state index >= 15 is 0 Å². The average Bonchev–Trinajstić information content (AvgIpc) is 2.62. The third kappa shape index (κ3) is 5.33. The van der Waals surface area contributed by atoms with Crippen molar-refractivity contribution < 1.29 is 18.4 Å². The Balaban J connectivity index is 0.000000199. The van der Waals surface area contributed by atoms with Crippen LogP contribution in [0.2, 0.25) is 0 Å². The van der Waals surface area contributed by atoms with Crippen molar-refractivity contribution in [2.24, 2.45) is 0 Å². The average molecular weight is 441 g/mol. The summed E-state index contributed by atoms with van der Waals surface area (Å²) in [4.78, 5) is 9.74. The highest BCUT2D eigenvalue weighted by Crippen LogP contribution is 2.28. The van der Waals surface area contributed by atoms with E-state index in [0.717, 1.165) is 29.2 Å². The topological polar surface area (TPSA) is 78.4 Å². The first-order chi connectivity index (χ1) is 12.7. The largest absolute Gasteiger partial charge is 0.398 e. The molecule has 0 radical (unpaired) electrons. The summed E-state index contributed by atoms with van der Waals surface area (Å²) in [7, 11) is 0. The summed E-state index contributed by atoms with van der Waals surface area (Å²) >= 11 is 3.02. The Hall–Kier alpha value is -2.32. The molecular weight excluding hydrogens is 422 g/mol. The molecule has 5 nitrogen and oxygen atoms in total. The standard InChI is InChI=1S/C12H14FNO.C7H5BrFNO2/c1-8-11(6-10(13)7-12(8)14)9-2-4-15-5-3-9;1-4-6(8)2-5(9)3-7(4)10(11)12/h2,6-7H,3-5,14H2,1H3;2-3H,1H3. The smallest absolute Gasteiger partial charge is 0.276 e. The minimum absolute atomic E-state index is 0.207. The molecule has 0 aromatic heterocycles. The van der Waals surface area contributed by atoms with E-state index in [9.17, 15) is 18.9 Å². The Bertz CT molecular complexity index is 901. The van der Waals surface area contributed by atoms with Crippen LogP contribution < -0.4 is 5.73 Å². The molecule has 0 amide bonds. The van der Waals surface area contributed by atoms with Crippen molar-refractivity contribution >= 4 is 32.9 Å². The molecule has 27 heavy (non-hydrogen) atoms. The van der Waals surface area contributed by atoms with Gasteiger partial charge in [0.2, 0.25) is 0 Å². The fraction of sp³-hybridized carbons (Fsp3) is 0.263. The Labute approximate surface area is 164 Å². The Morgan fingerprint density at radius 3 is 2.41 bits per heavy atom. The molecule has 0 spiro atoms. The zero-order valence-corrected chi connectivity index (χ0v) is 16.5. The lowest BCUT2D eigenvalue weighted by molar-refractivity contribution is -0.385. The normalized spacial score (nSPS) is 13.4. The molecule has 1 heterocycles. The molecule has 1 aliphatic rings. The molecule has 8 heteroatoms. The van der Waals surface area contributed by atoms with Crippen molar-refractivity contribution in [1.82, 2.24) is 0 Å². The highest BCUT2D eigenvalue weighted by Gasteiger charge is 2.14. The summed E-state index contributed by atoms with van der Waals surface area (Å²) in [6, 6.07) is 5.00. The van der Waals surface area contributed by atoms with Crippen LogP contribution in [0.1, 0.15) is 23.1 Å². The van der Waals surface area contributed by atoms with Crippen molar-refractivity contribution in [3.63, 3.8) is 0 Å². The molecule has 1 aliphatic heterocycles. The van der Waals surface area contributed by atoms with Crippen molar-refractivity contribution in [3.05, 3.63) is 73.3 Å². The van der Waals surface area contributed by atoms with E-state index in [-0.39, 0.29) is 11.5 Å². The second kappa shape index (κ2) is 9.05. The second-order valence-corrected chi connectivity index (χ2v) is 6.87. The monoisotopic (exact) mass is 440 g/mol. The van der Waals surface area contributed by atoms with Gasteiger partial charge in [0, 0.05) is 15.7 Å². The summed E-state index contributed by atoms with van der Waals surface area (Å²) in [5.41, 5.74) is 9.46. The number of hydrogen-bond donors (Lipinski definition) is 1. The van der Waals surface area contributed by atoms with E-state index in [1.165, 1.54) is 12.1 Å². The first-order valence-electron chi connectivity index (χ1n) is 8.13. The first kappa shape index (κ1) is 21.0. The summed E-state index contributed by atoms with van der Waals surface area (Å²) in [5.74, 6) is -0.889. The molecule has 2 aromatic carbocycles. The molecule has 3 rings (SSSR count). The molecule has 0 atom stereocenters. The van der Waals surface area contributed by atoms with Crippen molar-refractivity contribution in [1.29, 1.82) is 0 Å². The zero-order valence-electron chi connectivity index (χ0n) is 14.9. The lowest BCUT2D eigenvalue weighted by Gasteiger charge is -2.16. The number of nitro benzene ring substituents is 1. The van der Waals surface area contributed by atoms with Gasteiger partial charge in [-0.15, -0.1) is 0 Å². The van der Waals surface area contributed by atoms with Crippen LogP contribution in [-0.4, -0.2) is 18.1 Å². The maximum Gasteiger partial charge on any atom is 0.276 e. The molecule has 2 N–H and O–H groups in total.